The lowest BCUT2D eigenvalue weighted by molar-refractivity contribution is -0.148. The fraction of sp³-hybridized carbons (Fsp3) is 0.278. The predicted molar refractivity (Wildman–Crippen MR) is 88.9 cm³/mol. The molecule has 1 saturated heterocycles. The fourth-order valence-electron chi connectivity index (χ4n) is 2.71. The van der Waals surface area contributed by atoms with Crippen molar-refractivity contribution in [3.05, 3.63) is 70.5 Å². The monoisotopic (exact) mass is 382 g/mol. The van der Waals surface area contributed by atoms with Gasteiger partial charge in [0.15, 0.2) is 12.4 Å². The molecule has 2 aromatic rings. The smallest absolute Gasteiger partial charge is 0.338 e. The standard InChI is InChI=1S/C18H16ClFO6/c19-11-7-6-10(8-12(11)20)15(16-13(21)14(22)18(24)26-16)25-17(23)9-4-2-1-3-5-9/h1-8,13-16,18,21-22,24H/t13-,14+,15+,16-,18+/m0/s1. The van der Waals surface area contributed by atoms with Crippen LogP contribution in [0.2, 0.25) is 5.02 Å². The molecule has 5 atom stereocenters. The van der Waals surface area contributed by atoms with E-state index in [0.29, 0.717) is 0 Å². The van der Waals surface area contributed by atoms with E-state index < -0.39 is 42.5 Å². The Labute approximate surface area is 153 Å². The number of hydrogen-bond acceptors (Lipinski definition) is 6. The number of rotatable bonds is 4. The maximum atomic E-state index is 13.9. The zero-order chi connectivity index (χ0) is 18.8. The third-order valence-corrected chi connectivity index (χ3v) is 4.40. The number of aliphatic hydroxyl groups is 3. The van der Waals surface area contributed by atoms with Crippen molar-refractivity contribution in [1.82, 2.24) is 0 Å². The van der Waals surface area contributed by atoms with Crippen LogP contribution in [0.5, 0.6) is 0 Å². The Morgan fingerprint density at radius 2 is 1.81 bits per heavy atom. The Bertz CT molecular complexity index is 787. The van der Waals surface area contributed by atoms with Crippen molar-refractivity contribution in [3.8, 4) is 0 Å². The highest BCUT2D eigenvalue weighted by Crippen LogP contribution is 2.34. The second-order valence-electron chi connectivity index (χ2n) is 5.84. The van der Waals surface area contributed by atoms with Gasteiger partial charge in [0.25, 0.3) is 0 Å². The summed E-state index contributed by atoms with van der Waals surface area (Å²) in [5.41, 5.74) is 0.391. The van der Waals surface area contributed by atoms with Crippen LogP contribution in [0.4, 0.5) is 4.39 Å². The summed E-state index contributed by atoms with van der Waals surface area (Å²) in [7, 11) is 0. The van der Waals surface area contributed by atoms with Gasteiger partial charge in [-0.3, -0.25) is 0 Å². The quantitative estimate of drug-likeness (QED) is 0.698. The lowest BCUT2D eigenvalue weighted by Crippen LogP contribution is -2.36. The Morgan fingerprint density at radius 3 is 2.38 bits per heavy atom. The van der Waals surface area contributed by atoms with E-state index in [1.54, 1.807) is 18.2 Å². The highest BCUT2D eigenvalue weighted by molar-refractivity contribution is 6.30. The van der Waals surface area contributed by atoms with E-state index in [1.165, 1.54) is 24.3 Å². The molecular formula is C18H16ClFO6. The van der Waals surface area contributed by atoms with E-state index in [2.05, 4.69) is 0 Å². The minimum absolute atomic E-state index is 0.130. The molecule has 0 bridgehead atoms. The van der Waals surface area contributed by atoms with Crippen LogP contribution in [0, 0.1) is 5.82 Å². The fourth-order valence-corrected chi connectivity index (χ4v) is 2.82. The highest BCUT2D eigenvalue weighted by atomic mass is 35.5. The molecule has 3 rings (SSSR count). The summed E-state index contributed by atoms with van der Waals surface area (Å²) in [4.78, 5) is 12.4. The van der Waals surface area contributed by atoms with Gasteiger partial charge in [0.1, 0.15) is 24.1 Å². The van der Waals surface area contributed by atoms with Crippen molar-refractivity contribution in [2.24, 2.45) is 0 Å². The second kappa shape index (κ2) is 7.69. The van der Waals surface area contributed by atoms with Crippen molar-refractivity contribution in [3.63, 3.8) is 0 Å². The Morgan fingerprint density at radius 1 is 1.12 bits per heavy atom. The van der Waals surface area contributed by atoms with Crippen molar-refractivity contribution in [1.29, 1.82) is 0 Å². The third-order valence-electron chi connectivity index (χ3n) is 4.09. The molecule has 0 spiro atoms. The second-order valence-corrected chi connectivity index (χ2v) is 6.25. The number of halogens is 2. The first-order valence-electron chi connectivity index (χ1n) is 7.79. The molecule has 0 aromatic heterocycles. The van der Waals surface area contributed by atoms with Gasteiger partial charge in [0.2, 0.25) is 0 Å². The number of hydrogen-bond donors (Lipinski definition) is 3. The van der Waals surface area contributed by atoms with Gasteiger partial charge in [-0.1, -0.05) is 35.9 Å². The maximum absolute atomic E-state index is 13.9. The summed E-state index contributed by atoms with van der Waals surface area (Å²) >= 11 is 5.68. The average molecular weight is 383 g/mol. The normalized spacial score (nSPS) is 26.5. The average Bonchev–Trinajstić information content (AvgIpc) is 2.90. The molecule has 6 nitrogen and oxygen atoms in total. The molecule has 1 aliphatic rings. The molecule has 138 valence electrons. The van der Waals surface area contributed by atoms with Gasteiger partial charge < -0.3 is 24.8 Å². The minimum atomic E-state index is -1.66. The summed E-state index contributed by atoms with van der Waals surface area (Å²) in [6.07, 6.45) is -7.37. The number of benzene rings is 2. The van der Waals surface area contributed by atoms with Gasteiger partial charge in [-0.15, -0.1) is 0 Å². The molecule has 1 fully saturated rings. The maximum Gasteiger partial charge on any atom is 0.338 e. The van der Waals surface area contributed by atoms with Crippen LogP contribution < -0.4 is 0 Å². The largest absolute Gasteiger partial charge is 0.451 e. The van der Waals surface area contributed by atoms with E-state index in [-0.39, 0.29) is 16.1 Å². The summed E-state index contributed by atoms with van der Waals surface area (Å²) in [5, 5.41) is 29.3. The minimum Gasteiger partial charge on any atom is -0.451 e. The van der Waals surface area contributed by atoms with Gasteiger partial charge in [-0.05, 0) is 29.8 Å². The molecule has 1 aliphatic heterocycles. The van der Waals surface area contributed by atoms with Crippen LogP contribution in [0.3, 0.4) is 0 Å². The zero-order valence-electron chi connectivity index (χ0n) is 13.3. The molecule has 8 heteroatoms. The van der Waals surface area contributed by atoms with Gasteiger partial charge in [0.05, 0.1) is 10.6 Å². The molecule has 0 radical (unpaired) electrons. The van der Waals surface area contributed by atoms with E-state index in [1.807, 2.05) is 0 Å². The van der Waals surface area contributed by atoms with Gasteiger partial charge >= 0.3 is 5.97 Å². The first kappa shape index (κ1) is 18.8. The molecule has 26 heavy (non-hydrogen) atoms. The van der Waals surface area contributed by atoms with Gasteiger partial charge in [-0.25, -0.2) is 9.18 Å². The van der Waals surface area contributed by atoms with E-state index in [0.717, 1.165) is 6.07 Å². The van der Waals surface area contributed by atoms with Crippen LogP contribution in [0.1, 0.15) is 22.0 Å². The van der Waals surface area contributed by atoms with Crippen LogP contribution >= 0.6 is 11.6 Å². The topological polar surface area (TPSA) is 96.2 Å². The van der Waals surface area contributed by atoms with Crippen LogP contribution in [0.25, 0.3) is 0 Å². The Kier molecular flexibility index (Phi) is 5.55. The van der Waals surface area contributed by atoms with Crippen molar-refractivity contribution >= 4 is 17.6 Å². The summed E-state index contributed by atoms with van der Waals surface area (Å²) in [6, 6.07) is 11.8. The van der Waals surface area contributed by atoms with E-state index >= 15 is 0 Å². The van der Waals surface area contributed by atoms with Gasteiger partial charge in [-0.2, -0.15) is 0 Å². The van der Waals surface area contributed by atoms with Crippen molar-refractivity contribution in [2.75, 3.05) is 0 Å². The number of carbonyl (C=O) groups is 1. The van der Waals surface area contributed by atoms with Crippen LogP contribution in [0.15, 0.2) is 48.5 Å². The summed E-state index contributed by atoms with van der Waals surface area (Å²) in [6.45, 7) is 0. The van der Waals surface area contributed by atoms with Crippen molar-refractivity contribution in [2.45, 2.75) is 30.7 Å². The first-order chi connectivity index (χ1) is 12.4. The predicted octanol–water partition coefficient (Wildman–Crippen LogP) is 1.82. The zero-order valence-corrected chi connectivity index (χ0v) is 14.1. The van der Waals surface area contributed by atoms with Crippen LogP contribution in [-0.2, 0) is 9.47 Å². The summed E-state index contributed by atoms with van der Waals surface area (Å²) in [5.74, 6) is -1.49. The third kappa shape index (κ3) is 3.72. The molecule has 2 aromatic carbocycles. The van der Waals surface area contributed by atoms with E-state index in [9.17, 15) is 24.5 Å². The Balaban J connectivity index is 1.93. The van der Waals surface area contributed by atoms with Crippen LogP contribution in [-0.4, -0.2) is 45.9 Å². The highest BCUT2D eigenvalue weighted by Gasteiger charge is 2.47. The molecule has 0 saturated carbocycles. The van der Waals surface area contributed by atoms with Gasteiger partial charge in [0, 0.05) is 0 Å². The molecular weight excluding hydrogens is 367 g/mol. The number of ether oxygens (including phenoxy) is 2. The number of carbonyl (C=O) groups excluding carboxylic acids is 1. The number of aliphatic hydroxyl groups excluding tert-OH is 3. The molecule has 3 N–H and O–H groups in total. The lowest BCUT2D eigenvalue weighted by Gasteiger charge is -2.26. The number of esters is 1. The molecule has 1 heterocycles. The summed E-state index contributed by atoms with van der Waals surface area (Å²) < 4.78 is 24.4. The van der Waals surface area contributed by atoms with E-state index in [4.69, 9.17) is 21.1 Å². The Hall–Kier alpha value is -2.03. The first-order valence-corrected chi connectivity index (χ1v) is 8.17. The lowest BCUT2D eigenvalue weighted by atomic mass is 9.99. The SMILES string of the molecule is O=C(O[C@H](c1ccc(Cl)c(F)c1)[C@H]1O[C@@H](O)[C@H](O)[C@@H]1O)c1ccccc1. The van der Waals surface area contributed by atoms with Crippen molar-refractivity contribution < 1.29 is 34.0 Å². The molecule has 0 aliphatic carbocycles. The molecule has 0 amide bonds. The molecule has 0 unspecified atom stereocenters.